The molecule has 2 aliphatic rings. The monoisotopic (exact) mass is 691 g/mol. The summed E-state index contributed by atoms with van der Waals surface area (Å²) in [6.45, 7) is 1.85. The van der Waals surface area contributed by atoms with Crippen molar-refractivity contribution in [3.05, 3.63) is 99.6 Å². The lowest BCUT2D eigenvalue weighted by Crippen LogP contribution is -2.31. The summed E-state index contributed by atoms with van der Waals surface area (Å²) in [5.74, 6) is -1.33. The molecule has 242 valence electrons. The number of likely N-dealkylation sites (N-methyl/N-ethyl adjacent to an activating group) is 1. The zero-order valence-electron chi connectivity index (χ0n) is 25.7. The molecule has 47 heavy (non-hydrogen) atoms. The molecular weight excluding hydrogens is 661 g/mol. The van der Waals surface area contributed by atoms with E-state index in [1.165, 1.54) is 22.3 Å². The van der Waals surface area contributed by atoms with E-state index in [4.69, 9.17) is 32.7 Å². The molecule has 12 heteroatoms. The van der Waals surface area contributed by atoms with Crippen LogP contribution in [0.2, 0.25) is 5.02 Å². The van der Waals surface area contributed by atoms with Crippen LogP contribution in [0.25, 0.3) is 16.3 Å². The largest absolute Gasteiger partial charge is 0.462 e. The molecule has 0 spiro atoms. The van der Waals surface area contributed by atoms with Crippen molar-refractivity contribution in [2.24, 2.45) is 0 Å². The summed E-state index contributed by atoms with van der Waals surface area (Å²) in [7, 11) is 1.74. The highest BCUT2D eigenvalue weighted by molar-refractivity contribution is 7.20. The van der Waals surface area contributed by atoms with E-state index in [1.54, 1.807) is 37.1 Å². The maximum absolute atomic E-state index is 12.7. The topological polar surface area (TPSA) is 106 Å². The first-order chi connectivity index (χ1) is 22.7. The Bertz CT molecular complexity index is 1830. The number of anilines is 2. The number of thiazole rings is 1. The lowest BCUT2D eigenvalue weighted by atomic mass is 9.93. The van der Waals surface area contributed by atoms with Crippen LogP contribution in [0.4, 0.5) is 11.4 Å². The van der Waals surface area contributed by atoms with Gasteiger partial charge in [0.2, 0.25) is 0 Å². The molecule has 0 radical (unpaired) electrons. The molecule has 9 nitrogen and oxygen atoms in total. The molecule has 4 aromatic rings. The molecule has 0 bridgehead atoms. The Labute approximate surface area is 286 Å². The van der Waals surface area contributed by atoms with Crippen LogP contribution < -0.4 is 14.5 Å². The second-order valence-corrected chi connectivity index (χ2v) is 12.4. The van der Waals surface area contributed by atoms with Crippen molar-refractivity contribution >= 4 is 85.9 Å². The molecule has 2 heterocycles. The molecule has 0 saturated heterocycles. The molecule has 0 fully saturated rings. The number of benzene rings is 3. The Morgan fingerprint density at radius 3 is 2.30 bits per heavy atom. The zero-order chi connectivity index (χ0) is 33.5. The molecule has 0 saturated carbocycles. The number of carbonyl (C=O) groups is 4. The maximum Gasteiger partial charge on any atom is 0.349 e. The molecule has 6 rings (SSSR count). The van der Waals surface area contributed by atoms with Gasteiger partial charge in [-0.05, 0) is 86.7 Å². The lowest BCUT2D eigenvalue weighted by Gasteiger charge is -2.16. The van der Waals surface area contributed by atoms with E-state index in [2.05, 4.69) is 4.98 Å². The lowest BCUT2D eigenvalue weighted by molar-refractivity contribution is -0.137. The predicted octanol–water partition coefficient (Wildman–Crippen LogP) is 7.56. The van der Waals surface area contributed by atoms with E-state index in [9.17, 15) is 19.2 Å². The highest BCUT2D eigenvalue weighted by atomic mass is 35.5. The van der Waals surface area contributed by atoms with Gasteiger partial charge in [-0.15, -0.1) is 0 Å². The third-order valence-electron chi connectivity index (χ3n) is 7.49. The van der Waals surface area contributed by atoms with Crippen LogP contribution in [0.5, 0.6) is 5.19 Å². The molecule has 0 unspecified atom stereocenters. The summed E-state index contributed by atoms with van der Waals surface area (Å²) in [5.41, 5.74) is 3.78. The van der Waals surface area contributed by atoms with Crippen molar-refractivity contribution < 1.29 is 28.7 Å². The second kappa shape index (κ2) is 15.4. The van der Waals surface area contributed by atoms with E-state index in [1.807, 2.05) is 54.6 Å². The number of rotatable bonds is 8. The fraction of sp³-hybridized carbons (Fsp3) is 0.229. The van der Waals surface area contributed by atoms with Gasteiger partial charge >= 0.3 is 5.97 Å². The van der Waals surface area contributed by atoms with Crippen LogP contribution in [0.3, 0.4) is 0 Å². The smallest absolute Gasteiger partial charge is 0.349 e. The van der Waals surface area contributed by atoms with Gasteiger partial charge < -0.3 is 14.4 Å². The molecule has 0 atom stereocenters. The minimum absolute atomic E-state index is 0.0226. The number of amides is 3. The summed E-state index contributed by atoms with van der Waals surface area (Å²) in [6, 6.07) is 22.0. The number of halogens is 2. The number of nitrogens with zero attached hydrogens (tertiary/aromatic N) is 3. The van der Waals surface area contributed by atoms with Gasteiger partial charge in [0.25, 0.3) is 22.9 Å². The number of carbonyl (C=O) groups excluding carboxylic acids is 4. The van der Waals surface area contributed by atoms with Crippen LogP contribution in [0.1, 0.15) is 38.2 Å². The van der Waals surface area contributed by atoms with Crippen molar-refractivity contribution in [3.63, 3.8) is 0 Å². The normalized spacial score (nSPS) is 14.5. The summed E-state index contributed by atoms with van der Waals surface area (Å²) in [6.07, 6.45) is 4.45. The minimum atomic E-state index is -0.666. The Kier molecular flexibility index (Phi) is 11.1. The first-order valence-electron chi connectivity index (χ1n) is 14.9. The first-order valence-corrected chi connectivity index (χ1v) is 16.5. The van der Waals surface area contributed by atoms with Crippen molar-refractivity contribution in [1.82, 2.24) is 4.98 Å². The summed E-state index contributed by atoms with van der Waals surface area (Å²) >= 11 is 13.6. The van der Waals surface area contributed by atoms with Crippen molar-refractivity contribution in [3.8, 4) is 5.19 Å². The zero-order valence-corrected chi connectivity index (χ0v) is 28.0. The Morgan fingerprint density at radius 2 is 1.64 bits per heavy atom. The number of fused-ring (bicyclic) bond motifs is 1. The molecule has 3 aromatic carbocycles. The van der Waals surface area contributed by atoms with Crippen molar-refractivity contribution in [1.29, 1.82) is 0 Å². The van der Waals surface area contributed by atoms with E-state index >= 15 is 0 Å². The molecule has 0 N–H and O–H groups in total. The number of hydrogen-bond donors (Lipinski definition) is 0. The van der Waals surface area contributed by atoms with Crippen molar-refractivity contribution in [2.75, 3.05) is 30.1 Å². The van der Waals surface area contributed by atoms with Gasteiger partial charge in [0.15, 0.2) is 6.61 Å². The average Bonchev–Trinajstić information content (AvgIpc) is 3.62. The Hall–Kier alpha value is -4.51. The second-order valence-electron chi connectivity index (χ2n) is 10.6. The van der Waals surface area contributed by atoms with Crippen LogP contribution in [-0.2, 0) is 23.9 Å². The van der Waals surface area contributed by atoms with Gasteiger partial charge in [-0.1, -0.05) is 64.9 Å². The Balaban J connectivity index is 0.000000189. The number of esters is 1. The van der Waals surface area contributed by atoms with Crippen LogP contribution in [0, 0.1) is 0 Å². The molecule has 3 amide bonds. The van der Waals surface area contributed by atoms with Gasteiger partial charge in [0.05, 0.1) is 22.5 Å². The maximum atomic E-state index is 12.7. The Morgan fingerprint density at radius 1 is 0.979 bits per heavy atom. The summed E-state index contributed by atoms with van der Waals surface area (Å²) < 4.78 is 11.4. The predicted molar refractivity (Wildman–Crippen MR) is 185 cm³/mol. The van der Waals surface area contributed by atoms with Gasteiger partial charge in [0.1, 0.15) is 5.03 Å². The van der Waals surface area contributed by atoms with Gasteiger partial charge in [-0.25, -0.2) is 14.7 Å². The summed E-state index contributed by atoms with van der Waals surface area (Å²) in [4.78, 5) is 56.2. The van der Waals surface area contributed by atoms with Crippen molar-refractivity contribution in [2.45, 2.75) is 32.6 Å². The average molecular weight is 693 g/mol. The third-order valence-corrected chi connectivity index (χ3v) is 9.05. The van der Waals surface area contributed by atoms with E-state index in [0.29, 0.717) is 45.5 Å². The molecule has 1 aliphatic carbocycles. The van der Waals surface area contributed by atoms with Crippen LogP contribution in [0.15, 0.2) is 89.0 Å². The quantitative estimate of drug-likeness (QED) is 0.107. The number of para-hydroxylation sites is 2. The minimum Gasteiger partial charge on any atom is -0.462 e. The molecule has 1 aromatic heterocycles. The van der Waals surface area contributed by atoms with E-state index in [-0.39, 0.29) is 36.0 Å². The van der Waals surface area contributed by atoms with Crippen LogP contribution in [-0.4, -0.2) is 48.9 Å². The van der Waals surface area contributed by atoms with Gasteiger partial charge in [-0.3, -0.25) is 14.4 Å². The van der Waals surface area contributed by atoms with Crippen LogP contribution >= 0.6 is 34.5 Å². The fourth-order valence-electron chi connectivity index (χ4n) is 5.08. The van der Waals surface area contributed by atoms with Gasteiger partial charge in [0, 0.05) is 28.9 Å². The molecule has 1 aliphatic heterocycles. The standard InChI is InChI=1S/C19H17Cl2NO4.C16H14N2O2S/c1-2-26-19(25)16(21)10-11-9-12(7-8-15(11)20)22-17(23)13-5-3-4-6-14(13)18(22)24;1-18(12-7-3-2-4-8-12)15(19)11-20-16-17-13-9-5-6-10-14(13)21-16/h7-10H,2-6H2,1H3;2-10H,11H2,1H3/b16-10-;. The SMILES string of the molecule is CCOC(=O)/C(Cl)=C/c1cc(N2C(=O)C3=C(CCCC3)C2=O)ccc1Cl.CN(C(=O)COc1nc2ccccc2s1)c1ccccc1. The number of aromatic nitrogens is 1. The van der Waals surface area contributed by atoms with E-state index < -0.39 is 5.97 Å². The van der Waals surface area contributed by atoms with E-state index in [0.717, 1.165) is 28.7 Å². The highest BCUT2D eigenvalue weighted by Gasteiger charge is 2.39. The highest BCUT2D eigenvalue weighted by Crippen LogP contribution is 2.37. The fourth-order valence-corrected chi connectivity index (χ4v) is 6.24. The first kappa shape index (κ1) is 33.8. The summed E-state index contributed by atoms with van der Waals surface area (Å²) in [5, 5.41) is 0.724. The number of imide groups is 1. The number of hydrogen-bond acceptors (Lipinski definition) is 8. The molecular formula is C35H31Cl2N3O6S. The third kappa shape index (κ3) is 7.90. The van der Waals surface area contributed by atoms with Gasteiger partial charge in [-0.2, -0.15) is 0 Å². The number of ether oxygens (including phenoxy) is 2.